The van der Waals surface area contributed by atoms with E-state index >= 15 is 0 Å². The largest absolute Gasteiger partial charge is 0.481 e. The molecule has 3 nitrogen and oxygen atoms in total. The van der Waals surface area contributed by atoms with Crippen molar-refractivity contribution in [2.24, 2.45) is 46.3 Å². The fourth-order valence-corrected chi connectivity index (χ4v) is 8.61. The summed E-state index contributed by atoms with van der Waals surface area (Å²) in [5, 5.41) is 9.16. The van der Waals surface area contributed by atoms with E-state index in [9.17, 15) is 9.59 Å². The molecule has 4 rings (SSSR count). The van der Waals surface area contributed by atoms with Gasteiger partial charge in [-0.2, -0.15) is 0 Å². The zero-order valence-corrected chi connectivity index (χ0v) is 19.6. The first-order chi connectivity index (χ1) is 14.2. The predicted molar refractivity (Wildman–Crippen MR) is 120 cm³/mol. The third-order valence-corrected chi connectivity index (χ3v) is 10.4. The Morgan fingerprint density at radius 3 is 2.57 bits per heavy atom. The lowest BCUT2D eigenvalue weighted by atomic mass is 9.46. The Morgan fingerprint density at radius 2 is 1.83 bits per heavy atom. The number of ketones is 1. The molecule has 0 radical (unpaired) electrons. The Kier molecular flexibility index (Phi) is 5.96. The van der Waals surface area contributed by atoms with Gasteiger partial charge in [0.2, 0.25) is 0 Å². The minimum absolute atomic E-state index is 0.216. The fraction of sp³-hybridized carbons (Fsp3) is 0.852. The molecular weight excluding hydrogens is 372 g/mol. The van der Waals surface area contributed by atoms with Gasteiger partial charge in [0.05, 0.1) is 5.92 Å². The summed E-state index contributed by atoms with van der Waals surface area (Å²) in [6.45, 7) is 9.35. The smallest absolute Gasteiger partial charge is 0.306 e. The number of hydrogen-bond acceptors (Lipinski definition) is 2. The van der Waals surface area contributed by atoms with Gasteiger partial charge in [0.15, 0.2) is 5.78 Å². The van der Waals surface area contributed by atoms with Gasteiger partial charge in [0.25, 0.3) is 0 Å². The zero-order valence-electron chi connectivity index (χ0n) is 19.6. The normalized spacial score (nSPS) is 42.5. The average molecular weight is 415 g/mol. The Bertz CT molecular complexity index is 724. The van der Waals surface area contributed by atoms with Crippen LogP contribution in [0.1, 0.15) is 98.3 Å². The van der Waals surface area contributed by atoms with Crippen LogP contribution in [0.25, 0.3) is 0 Å². The molecule has 8 atom stereocenters. The monoisotopic (exact) mass is 414 g/mol. The van der Waals surface area contributed by atoms with Crippen LogP contribution in [-0.2, 0) is 9.59 Å². The summed E-state index contributed by atoms with van der Waals surface area (Å²) in [4.78, 5) is 23.2. The molecule has 0 aromatic rings. The van der Waals surface area contributed by atoms with E-state index in [1.165, 1.54) is 44.1 Å². The van der Waals surface area contributed by atoms with Crippen LogP contribution in [0.2, 0.25) is 0 Å². The number of carbonyl (C=O) groups is 2. The summed E-state index contributed by atoms with van der Waals surface area (Å²) in [7, 11) is 0. The maximum Gasteiger partial charge on any atom is 0.306 e. The maximum atomic E-state index is 12.0. The second-order valence-corrected chi connectivity index (χ2v) is 11.8. The summed E-state index contributed by atoms with van der Waals surface area (Å²) in [5.41, 5.74) is 2.20. The van der Waals surface area contributed by atoms with Crippen molar-refractivity contribution in [3.63, 3.8) is 0 Å². The molecule has 4 unspecified atom stereocenters. The molecule has 1 N–H and O–H groups in total. The molecule has 0 saturated heterocycles. The van der Waals surface area contributed by atoms with Crippen LogP contribution in [-0.4, -0.2) is 16.9 Å². The predicted octanol–water partition coefficient (Wildman–Crippen LogP) is 6.66. The molecule has 4 aliphatic carbocycles. The molecule has 0 bridgehead atoms. The Hall–Kier alpha value is -1.12. The van der Waals surface area contributed by atoms with Gasteiger partial charge in [-0.3, -0.25) is 9.59 Å². The summed E-state index contributed by atoms with van der Waals surface area (Å²) in [6, 6.07) is 0. The van der Waals surface area contributed by atoms with E-state index in [0.717, 1.165) is 55.8 Å². The lowest BCUT2D eigenvalue weighted by Gasteiger charge is -2.58. The molecule has 30 heavy (non-hydrogen) atoms. The highest BCUT2D eigenvalue weighted by molar-refractivity contribution is 5.91. The highest BCUT2D eigenvalue weighted by Gasteiger charge is 2.59. The number of carboxylic acid groups (broad SMARTS) is 1. The van der Waals surface area contributed by atoms with Crippen molar-refractivity contribution < 1.29 is 14.7 Å². The third kappa shape index (κ3) is 3.58. The van der Waals surface area contributed by atoms with E-state index in [-0.39, 0.29) is 11.3 Å². The first-order valence-corrected chi connectivity index (χ1v) is 12.6. The van der Waals surface area contributed by atoms with Crippen molar-refractivity contribution >= 4 is 11.8 Å². The van der Waals surface area contributed by atoms with Crippen LogP contribution in [0.5, 0.6) is 0 Å². The molecule has 0 spiro atoms. The van der Waals surface area contributed by atoms with Gasteiger partial charge in [0.1, 0.15) is 0 Å². The molecule has 168 valence electrons. The summed E-state index contributed by atoms with van der Waals surface area (Å²) < 4.78 is 0. The molecular formula is C27H42O3. The van der Waals surface area contributed by atoms with E-state index in [2.05, 4.69) is 20.8 Å². The van der Waals surface area contributed by atoms with Crippen molar-refractivity contribution in [2.45, 2.75) is 98.3 Å². The minimum atomic E-state index is -0.655. The molecule has 0 heterocycles. The molecule has 0 aromatic carbocycles. The molecule has 3 fully saturated rings. The maximum absolute atomic E-state index is 12.0. The van der Waals surface area contributed by atoms with Gasteiger partial charge < -0.3 is 5.11 Å². The Balaban J connectivity index is 1.44. The van der Waals surface area contributed by atoms with Gasteiger partial charge in [0, 0.05) is 6.42 Å². The number of hydrogen-bond donors (Lipinski definition) is 1. The molecule has 4 aliphatic rings. The number of aliphatic carboxylic acids is 1. The molecule has 3 saturated carbocycles. The Labute approximate surface area is 183 Å². The molecule has 0 amide bonds. The minimum Gasteiger partial charge on any atom is -0.481 e. The van der Waals surface area contributed by atoms with E-state index in [4.69, 9.17) is 5.11 Å². The lowest BCUT2D eigenvalue weighted by molar-refractivity contribution is -0.141. The van der Waals surface area contributed by atoms with Gasteiger partial charge in [-0.05, 0) is 97.9 Å². The molecule has 0 aliphatic heterocycles. The number of carboxylic acids is 1. The van der Waals surface area contributed by atoms with E-state index < -0.39 is 5.97 Å². The van der Waals surface area contributed by atoms with Gasteiger partial charge in [-0.1, -0.05) is 46.1 Å². The van der Waals surface area contributed by atoms with Crippen LogP contribution in [0, 0.1) is 46.3 Å². The standard InChI is InChI=1S/C27H42O3/c1-17(6-5-7-18(2)25(29)30)22-10-11-23-21-9-8-19-16-20(28)12-14-26(19,3)24(21)13-15-27(22,23)4/h16-18,21-24H,5-15H2,1-4H3,(H,29,30)/t17?,18-,21?,22+,23?,24?,26-,27+/m0/s1. The van der Waals surface area contributed by atoms with Crippen molar-refractivity contribution in [3.8, 4) is 0 Å². The number of carbonyl (C=O) groups excluding carboxylic acids is 1. The molecule has 0 aromatic heterocycles. The first-order valence-electron chi connectivity index (χ1n) is 12.6. The van der Waals surface area contributed by atoms with Crippen molar-refractivity contribution in [1.29, 1.82) is 0 Å². The zero-order chi connectivity index (χ0) is 21.7. The highest BCUT2D eigenvalue weighted by Crippen LogP contribution is 2.67. The second kappa shape index (κ2) is 8.10. The number of rotatable bonds is 6. The van der Waals surface area contributed by atoms with Crippen LogP contribution >= 0.6 is 0 Å². The van der Waals surface area contributed by atoms with Gasteiger partial charge in [-0.15, -0.1) is 0 Å². The van der Waals surface area contributed by atoms with Gasteiger partial charge in [-0.25, -0.2) is 0 Å². The SMILES string of the molecule is CC(CCC[C@H](C)C(=O)O)[C@H]1CCC2C3CCC4=CC(=O)CC[C@]4(C)C3CC[C@@]21C. The van der Waals surface area contributed by atoms with Crippen molar-refractivity contribution in [1.82, 2.24) is 0 Å². The van der Waals surface area contributed by atoms with Crippen LogP contribution in [0.3, 0.4) is 0 Å². The summed E-state index contributed by atoms with van der Waals surface area (Å²) in [5.74, 6) is 3.43. The van der Waals surface area contributed by atoms with E-state index in [1.807, 2.05) is 13.0 Å². The first kappa shape index (κ1) is 22.1. The summed E-state index contributed by atoms with van der Waals surface area (Å²) >= 11 is 0. The van der Waals surface area contributed by atoms with Gasteiger partial charge >= 0.3 is 5.97 Å². The number of allylic oxidation sites excluding steroid dienone is 1. The van der Waals surface area contributed by atoms with Crippen molar-refractivity contribution in [3.05, 3.63) is 11.6 Å². The van der Waals surface area contributed by atoms with E-state index in [1.54, 1.807) is 0 Å². The van der Waals surface area contributed by atoms with E-state index in [0.29, 0.717) is 17.1 Å². The average Bonchev–Trinajstić information content (AvgIpc) is 3.05. The lowest BCUT2D eigenvalue weighted by Crippen LogP contribution is -2.50. The van der Waals surface area contributed by atoms with Crippen LogP contribution in [0.15, 0.2) is 11.6 Å². The second-order valence-electron chi connectivity index (χ2n) is 11.8. The highest BCUT2D eigenvalue weighted by atomic mass is 16.4. The third-order valence-electron chi connectivity index (χ3n) is 10.4. The topological polar surface area (TPSA) is 54.4 Å². The van der Waals surface area contributed by atoms with Crippen molar-refractivity contribution in [2.75, 3.05) is 0 Å². The fourth-order valence-electron chi connectivity index (χ4n) is 8.61. The van der Waals surface area contributed by atoms with Crippen LogP contribution in [0.4, 0.5) is 0 Å². The summed E-state index contributed by atoms with van der Waals surface area (Å²) in [6.07, 6.45) is 14.7. The molecule has 3 heteroatoms. The number of fused-ring (bicyclic) bond motifs is 5. The quantitative estimate of drug-likeness (QED) is 0.528. The Morgan fingerprint density at radius 1 is 1.07 bits per heavy atom. The van der Waals surface area contributed by atoms with Crippen LogP contribution < -0.4 is 0 Å².